The lowest BCUT2D eigenvalue weighted by atomic mass is 9.92. The molecular formula is C17H19ClN2O3. The number of methoxy groups -OCH3 is 1. The lowest BCUT2D eigenvalue weighted by molar-refractivity contribution is 0.0586. The fourth-order valence-corrected chi connectivity index (χ4v) is 3.70. The molecular weight excluding hydrogens is 316 g/mol. The van der Waals surface area contributed by atoms with Crippen molar-refractivity contribution in [3.05, 3.63) is 29.5 Å². The topological polar surface area (TPSA) is 45.5 Å². The highest BCUT2D eigenvalue weighted by molar-refractivity contribution is 6.33. The Hall–Kier alpha value is -1.72. The third-order valence-corrected chi connectivity index (χ3v) is 5.05. The van der Waals surface area contributed by atoms with E-state index in [0.29, 0.717) is 22.9 Å². The molecule has 0 spiro atoms. The van der Waals surface area contributed by atoms with Crippen LogP contribution in [0, 0.1) is 0 Å². The van der Waals surface area contributed by atoms with E-state index in [2.05, 4.69) is 9.55 Å². The van der Waals surface area contributed by atoms with Gasteiger partial charge in [0.05, 0.1) is 11.1 Å². The van der Waals surface area contributed by atoms with E-state index in [1.807, 2.05) is 18.5 Å². The van der Waals surface area contributed by atoms with Crippen LogP contribution in [0.4, 0.5) is 0 Å². The summed E-state index contributed by atoms with van der Waals surface area (Å²) in [6, 6.07) is 4.16. The third-order valence-electron chi connectivity index (χ3n) is 4.74. The molecule has 0 atom stereocenters. The maximum Gasteiger partial charge on any atom is 0.231 e. The minimum absolute atomic E-state index is 0.241. The van der Waals surface area contributed by atoms with Gasteiger partial charge in [0.25, 0.3) is 0 Å². The second kappa shape index (κ2) is 6.06. The van der Waals surface area contributed by atoms with E-state index >= 15 is 0 Å². The number of nitrogens with zero attached hydrogens (tertiary/aromatic N) is 2. The molecule has 1 aromatic heterocycles. The van der Waals surface area contributed by atoms with Crippen molar-refractivity contribution in [3.8, 4) is 22.9 Å². The number of rotatable bonds is 3. The first kappa shape index (κ1) is 14.8. The Bertz CT molecular complexity index is 708. The zero-order valence-electron chi connectivity index (χ0n) is 13.0. The standard InChI is InChI=1S/C17H19ClN2O3/c1-21-12-4-2-11(3-5-12)20-7-6-19-17(20)13-8-15-16(9-14(13)18)23-10-22-15/h6-9,11-12H,2-5,10H2,1H3. The maximum absolute atomic E-state index is 6.45. The van der Waals surface area contributed by atoms with E-state index < -0.39 is 0 Å². The molecule has 0 saturated heterocycles. The van der Waals surface area contributed by atoms with Gasteiger partial charge in [-0.15, -0.1) is 0 Å². The van der Waals surface area contributed by atoms with Crippen LogP contribution in [0.2, 0.25) is 5.02 Å². The fraction of sp³-hybridized carbons (Fsp3) is 0.471. The van der Waals surface area contributed by atoms with Crippen LogP contribution in [-0.4, -0.2) is 29.6 Å². The molecule has 122 valence electrons. The molecule has 1 aliphatic carbocycles. The van der Waals surface area contributed by atoms with E-state index in [4.69, 9.17) is 25.8 Å². The number of imidazole rings is 1. The molecule has 6 heteroatoms. The van der Waals surface area contributed by atoms with Gasteiger partial charge in [0, 0.05) is 37.2 Å². The first-order valence-corrected chi connectivity index (χ1v) is 8.29. The van der Waals surface area contributed by atoms with Gasteiger partial charge < -0.3 is 18.8 Å². The van der Waals surface area contributed by atoms with Crippen molar-refractivity contribution in [1.29, 1.82) is 0 Å². The van der Waals surface area contributed by atoms with E-state index in [0.717, 1.165) is 42.8 Å². The lowest BCUT2D eigenvalue weighted by Crippen LogP contribution is -2.22. The van der Waals surface area contributed by atoms with Crippen LogP contribution >= 0.6 is 11.6 Å². The molecule has 5 nitrogen and oxygen atoms in total. The maximum atomic E-state index is 6.45. The van der Waals surface area contributed by atoms with Gasteiger partial charge in [0.15, 0.2) is 11.5 Å². The van der Waals surface area contributed by atoms with Crippen molar-refractivity contribution in [2.24, 2.45) is 0 Å². The van der Waals surface area contributed by atoms with E-state index in [-0.39, 0.29) is 6.79 Å². The molecule has 0 amide bonds. The molecule has 4 rings (SSSR count). The van der Waals surface area contributed by atoms with E-state index in [1.165, 1.54) is 0 Å². The Kier molecular flexibility index (Phi) is 3.91. The van der Waals surface area contributed by atoms with Crippen LogP contribution in [0.5, 0.6) is 11.5 Å². The number of ether oxygens (including phenoxy) is 3. The minimum atomic E-state index is 0.241. The number of halogens is 1. The van der Waals surface area contributed by atoms with Gasteiger partial charge in [-0.1, -0.05) is 11.6 Å². The molecule has 2 heterocycles. The minimum Gasteiger partial charge on any atom is -0.454 e. The highest BCUT2D eigenvalue weighted by atomic mass is 35.5. The molecule has 2 aliphatic rings. The molecule has 1 saturated carbocycles. The lowest BCUT2D eigenvalue weighted by Gasteiger charge is -2.29. The van der Waals surface area contributed by atoms with Crippen molar-refractivity contribution in [2.45, 2.75) is 37.8 Å². The normalized spacial score (nSPS) is 23.2. The summed E-state index contributed by atoms with van der Waals surface area (Å²) in [5, 5.41) is 0.632. The van der Waals surface area contributed by atoms with Crippen molar-refractivity contribution < 1.29 is 14.2 Å². The Morgan fingerprint density at radius 3 is 2.65 bits per heavy atom. The highest BCUT2D eigenvalue weighted by Crippen LogP contribution is 2.42. The molecule has 0 radical (unpaired) electrons. The van der Waals surface area contributed by atoms with Crippen molar-refractivity contribution in [1.82, 2.24) is 9.55 Å². The van der Waals surface area contributed by atoms with Crippen molar-refractivity contribution >= 4 is 11.6 Å². The number of hydrogen-bond donors (Lipinski definition) is 0. The summed E-state index contributed by atoms with van der Waals surface area (Å²) < 4.78 is 18.5. The summed E-state index contributed by atoms with van der Waals surface area (Å²) in [6.45, 7) is 0.241. The summed E-state index contributed by atoms with van der Waals surface area (Å²) in [4.78, 5) is 4.54. The Morgan fingerprint density at radius 2 is 1.91 bits per heavy atom. The second-order valence-corrected chi connectivity index (χ2v) is 6.42. The van der Waals surface area contributed by atoms with Crippen molar-refractivity contribution in [2.75, 3.05) is 13.9 Å². The Labute approximate surface area is 140 Å². The first-order valence-electron chi connectivity index (χ1n) is 7.91. The smallest absolute Gasteiger partial charge is 0.231 e. The molecule has 1 aromatic carbocycles. The van der Waals surface area contributed by atoms with Crippen LogP contribution in [0.3, 0.4) is 0 Å². The largest absolute Gasteiger partial charge is 0.454 e. The van der Waals surface area contributed by atoms with E-state index in [9.17, 15) is 0 Å². The van der Waals surface area contributed by atoms with Gasteiger partial charge in [-0.25, -0.2) is 4.98 Å². The van der Waals surface area contributed by atoms with Gasteiger partial charge in [0.1, 0.15) is 5.82 Å². The number of aromatic nitrogens is 2. The molecule has 1 fully saturated rings. The zero-order chi connectivity index (χ0) is 15.8. The quantitative estimate of drug-likeness (QED) is 0.849. The summed E-state index contributed by atoms with van der Waals surface area (Å²) in [5.74, 6) is 2.30. The van der Waals surface area contributed by atoms with Crippen LogP contribution in [-0.2, 0) is 4.74 Å². The predicted molar refractivity (Wildman–Crippen MR) is 87.1 cm³/mol. The van der Waals surface area contributed by atoms with Gasteiger partial charge in [0.2, 0.25) is 6.79 Å². The van der Waals surface area contributed by atoms with Gasteiger partial charge in [-0.2, -0.15) is 0 Å². The molecule has 2 aromatic rings. The van der Waals surface area contributed by atoms with Crippen LogP contribution in [0.15, 0.2) is 24.5 Å². The Balaban J connectivity index is 1.65. The average Bonchev–Trinajstić information content (AvgIpc) is 3.22. The summed E-state index contributed by atoms with van der Waals surface area (Å²) in [5.41, 5.74) is 0.884. The summed E-state index contributed by atoms with van der Waals surface area (Å²) >= 11 is 6.45. The van der Waals surface area contributed by atoms with E-state index in [1.54, 1.807) is 13.2 Å². The molecule has 0 N–H and O–H groups in total. The second-order valence-electron chi connectivity index (χ2n) is 6.01. The molecule has 0 unspecified atom stereocenters. The monoisotopic (exact) mass is 334 g/mol. The Morgan fingerprint density at radius 1 is 1.17 bits per heavy atom. The number of fused-ring (bicyclic) bond motifs is 1. The van der Waals surface area contributed by atoms with Crippen LogP contribution in [0.1, 0.15) is 31.7 Å². The molecule has 1 aliphatic heterocycles. The average molecular weight is 335 g/mol. The number of benzene rings is 1. The van der Waals surface area contributed by atoms with Gasteiger partial charge in [-0.05, 0) is 31.7 Å². The third kappa shape index (κ3) is 2.68. The summed E-state index contributed by atoms with van der Waals surface area (Å²) in [6.07, 6.45) is 8.58. The molecule has 0 bridgehead atoms. The number of hydrogen-bond acceptors (Lipinski definition) is 4. The SMILES string of the molecule is COC1CCC(n2ccnc2-c2cc3c(cc2Cl)OCO3)CC1. The first-order chi connectivity index (χ1) is 11.3. The predicted octanol–water partition coefficient (Wildman–Crippen LogP) is 4.06. The zero-order valence-corrected chi connectivity index (χ0v) is 13.8. The fourth-order valence-electron chi connectivity index (χ4n) is 3.46. The molecule has 23 heavy (non-hydrogen) atoms. The van der Waals surface area contributed by atoms with Gasteiger partial charge >= 0.3 is 0 Å². The van der Waals surface area contributed by atoms with Gasteiger partial charge in [-0.3, -0.25) is 0 Å². The highest BCUT2D eigenvalue weighted by Gasteiger charge is 2.25. The van der Waals surface area contributed by atoms with Crippen LogP contribution < -0.4 is 9.47 Å². The van der Waals surface area contributed by atoms with Crippen molar-refractivity contribution in [3.63, 3.8) is 0 Å². The summed E-state index contributed by atoms with van der Waals surface area (Å²) in [7, 11) is 1.79. The van der Waals surface area contributed by atoms with Crippen LogP contribution in [0.25, 0.3) is 11.4 Å².